The molecule has 11 aromatic rings. The number of aromatic nitrogens is 3. The summed E-state index contributed by atoms with van der Waals surface area (Å²) in [6, 6.07) is 84.1. The Bertz CT molecular complexity index is 3330. The Morgan fingerprint density at radius 1 is 0.279 bits per heavy atom. The highest BCUT2D eigenvalue weighted by atomic mass is 15.1. The van der Waals surface area contributed by atoms with Crippen LogP contribution in [0.5, 0.6) is 0 Å². The molecule has 0 saturated carbocycles. The van der Waals surface area contributed by atoms with Crippen LogP contribution in [0.3, 0.4) is 0 Å². The Kier molecular flexibility index (Phi) is 9.18. The van der Waals surface area contributed by atoms with Crippen LogP contribution < -0.4 is 0 Å². The number of hydrogen-bond acceptors (Lipinski definition) is 2. The first kappa shape index (κ1) is 36.0. The number of benzene rings is 9. The molecular weight excluding hydrogens is 739 g/mol. The maximum absolute atomic E-state index is 5.40. The third-order valence-electron chi connectivity index (χ3n) is 11.6. The highest BCUT2D eigenvalue weighted by molar-refractivity contribution is 6.14. The maximum Gasteiger partial charge on any atom is 0.162 e. The van der Waals surface area contributed by atoms with Crippen molar-refractivity contribution in [3.05, 3.63) is 237 Å². The molecule has 3 heteroatoms. The molecule has 3 nitrogen and oxygen atoms in total. The van der Waals surface area contributed by atoms with E-state index in [2.05, 4.69) is 241 Å². The van der Waals surface area contributed by atoms with E-state index in [1.165, 1.54) is 33.4 Å². The summed E-state index contributed by atoms with van der Waals surface area (Å²) in [6.07, 6.45) is 0. The van der Waals surface area contributed by atoms with Gasteiger partial charge in [0, 0.05) is 22.2 Å². The first-order valence-electron chi connectivity index (χ1n) is 20.7. The minimum atomic E-state index is 0.683. The molecule has 0 amide bonds. The molecule has 0 radical (unpaired) electrons. The second kappa shape index (κ2) is 15.6. The number of hydrogen-bond donors (Lipinski definition) is 0. The summed E-state index contributed by atoms with van der Waals surface area (Å²) >= 11 is 0. The molecule has 0 fully saturated rings. The lowest BCUT2D eigenvalue weighted by Gasteiger charge is -2.14. The summed E-state index contributed by atoms with van der Waals surface area (Å²) in [5.41, 5.74) is 17.6. The minimum Gasteiger partial charge on any atom is -0.294 e. The van der Waals surface area contributed by atoms with Crippen LogP contribution in [0.4, 0.5) is 0 Å². The van der Waals surface area contributed by atoms with Gasteiger partial charge in [0.05, 0.1) is 16.6 Å². The second-order valence-corrected chi connectivity index (χ2v) is 15.4. The van der Waals surface area contributed by atoms with E-state index in [0.717, 1.165) is 66.7 Å². The molecule has 0 bridgehead atoms. The van der Waals surface area contributed by atoms with Gasteiger partial charge in [0.2, 0.25) is 0 Å². The van der Waals surface area contributed by atoms with Crippen molar-refractivity contribution in [3.63, 3.8) is 0 Å². The second-order valence-electron chi connectivity index (χ2n) is 15.4. The van der Waals surface area contributed by atoms with Gasteiger partial charge in [-0.15, -0.1) is 0 Å². The van der Waals surface area contributed by atoms with Crippen LogP contribution in [0, 0.1) is 0 Å². The summed E-state index contributed by atoms with van der Waals surface area (Å²) in [7, 11) is 0. The van der Waals surface area contributed by atoms with Gasteiger partial charge in [0.25, 0.3) is 0 Å². The van der Waals surface area contributed by atoms with Crippen LogP contribution in [0.25, 0.3) is 106 Å². The fourth-order valence-electron chi connectivity index (χ4n) is 8.61. The van der Waals surface area contributed by atoms with Gasteiger partial charge in [0.15, 0.2) is 5.82 Å². The van der Waals surface area contributed by atoms with Gasteiger partial charge in [-0.3, -0.25) is 4.57 Å². The number of rotatable bonds is 8. The Balaban J connectivity index is 1.04. The van der Waals surface area contributed by atoms with Crippen LogP contribution in [-0.2, 0) is 0 Å². The van der Waals surface area contributed by atoms with Gasteiger partial charge in [-0.2, -0.15) is 0 Å². The van der Waals surface area contributed by atoms with Crippen molar-refractivity contribution >= 4 is 21.9 Å². The van der Waals surface area contributed by atoms with Gasteiger partial charge < -0.3 is 0 Å². The number of nitrogens with zero attached hydrogens (tertiary/aromatic N) is 3. The largest absolute Gasteiger partial charge is 0.294 e. The van der Waals surface area contributed by atoms with Crippen molar-refractivity contribution in [3.8, 4) is 84.0 Å². The summed E-state index contributed by atoms with van der Waals surface area (Å²) in [5.74, 6) is 0.683. The molecule has 9 aromatic carbocycles. The first-order valence-corrected chi connectivity index (χ1v) is 20.7. The van der Waals surface area contributed by atoms with E-state index >= 15 is 0 Å². The fraction of sp³-hybridized carbons (Fsp3) is 0. The molecule has 0 aliphatic heterocycles. The van der Waals surface area contributed by atoms with E-state index in [1.807, 2.05) is 0 Å². The lowest BCUT2D eigenvalue weighted by atomic mass is 9.91. The fourth-order valence-corrected chi connectivity index (χ4v) is 8.61. The van der Waals surface area contributed by atoms with Gasteiger partial charge in [0.1, 0.15) is 5.65 Å². The SMILES string of the molecule is c1ccc(-c2cccc(-c3cc(-c4ccccc4)cc(-c4cccc(-c5cccc(-c6nc(-c7ccccc7)c7c8ccccc8n(-c8ccccc8)c7n6)c5)c4)c3)c2)cc1. The average Bonchev–Trinajstić information content (AvgIpc) is 3.69. The highest BCUT2D eigenvalue weighted by Crippen LogP contribution is 2.40. The molecule has 0 aliphatic carbocycles. The maximum atomic E-state index is 5.40. The minimum absolute atomic E-state index is 0.683. The molecule has 0 atom stereocenters. The molecule has 61 heavy (non-hydrogen) atoms. The molecule has 0 N–H and O–H groups in total. The van der Waals surface area contributed by atoms with Crippen LogP contribution in [0.1, 0.15) is 0 Å². The van der Waals surface area contributed by atoms with E-state index < -0.39 is 0 Å². The third kappa shape index (κ3) is 6.88. The van der Waals surface area contributed by atoms with Crippen molar-refractivity contribution in [2.45, 2.75) is 0 Å². The smallest absolute Gasteiger partial charge is 0.162 e. The van der Waals surface area contributed by atoms with Crippen LogP contribution in [-0.4, -0.2) is 14.5 Å². The van der Waals surface area contributed by atoms with Gasteiger partial charge in [-0.05, 0) is 110 Å². The van der Waals surface area contributed by atoms with Gasteiger partial charge in [-0.25, -0.2) is 9.97 Å². The topological polar surface area (TPSA) is 30.7 Å². The zero-order valence-corrected chi connectivity index (χ0v) is 33.4. The molecule has 0 saturated heterocycles. The van der Waals surface area contributed by atoms with Crippen LogP contribution >= 0.6 is 0 Å². The van der Waals surface area contributed by atoms with Gasteiger partial charge >= 0.3 is 0 Å². The molecule has 2 heterocycles. The molecular formula is C58H39N3. The molecule has 11 rings (SSSR count). The molecule has 0 spiro atoms. The normalized spacial score (nSPS) is 11.3. The zero-order valence-electron chi connectivity index (χ0n) is 33.4. The van der Waals surface area contributed by atoms with Gasteiger partial charge in [-0.1, -0.05) is 182 Å². The van der Waals surface area contributed by atoms with E-state index in [1.54, 1.807) is 0 Å². The predicted molar refractivity (Wildman–Crippen MR) is 254 cm³/mol. The molecule has 286 valence electrons. The van der Waals surface area contributed by atoms with Crippen molar-refractivity contribution in [1.29, 1.82) is 0 Å². The predicted octanol–water partition coefficient (Wildman–Crippen LogP) is 15.2. The van der Waals surface area contributed by atoms with Crippen LogP contribution in [0.15, 0.2) is 237 Å². The van der Waals surface area contributed by atoms with Crippen molar-refractivity contribution < 1.29 is 0 Å². The monoisotopic (exact) mass is 777 g/mol. The molecule has 0 aliphatic rings. The van der Waals surface area contributed by atoms with Crippen molar-refractivity contribution in [2.24, 2.45) is 0 Å². The van der Waals surface area contributed by atoms with E-state index in [9.17, 15) is 0 Å². The summed E-state index contributed by atoms with van der Waals surface area (Å²) in [4.78, 5) is 10.8. The van der Waals surface area contributed by atoms with E-state index in [-0.39, 0.29) is 0 Å². The number of para-hydroxylation sites is 2. The van der Waals surface area contributed by atoms with E-state index in [0.29, 0.717) is 5.82 Å². The lowest BCUT2D eigenvalue weighted by Crippen LogP contribution is -1.99. The Labute approximate surface area is 355 Å². The van der Waals surface area contributed by atoms with Crippen LogP contribution in [0.2, 0.25) is 0 Å². The molecule has 0 unspecified atom stereocenters. The third-order valence-corrected chi connectivity index (χ3v) is 11.6. The average molecular weight is 778 g/mol. The summed E-state index contributed by atoms with van der Waals surface area (Å²) in [6.45, 7) is 0. The number of fused-ring (bicyclic) bond motifs is 3. The summed E-state index contributed by atoms with van der Waals surface area (Å²) < 4.78 is 2.27. The standard InChI is InChI=1S/C58H39N3/c1-5-18-40(19-6-1)43-24-15-27-46(34-43)50-37-49(41-20-7-2-8-21-41)38-51(39-50)47-28-16-25-44(35-47)45-26-17-29-48(36-45)57-59-56(42-22-9-3-10-23-42)55-53-32-13-14-33-54(53)61(58(55)60-57)52-30-11-4-12-31-52/h1-39H. The Morgan fingerprint density at radius 3 is 1.23 bits per heavy atom. The first-order chi connectivity index (χ1) is 30.2. The summed E-state index contributed by atoms with van der Waals surface area (Å²) in [5, 5.41) is 2.17. The van der Waals surface area contributed by atoms with E-state index in [4.69, 9.17) is 9.97 Å². The van der Waals surface area contributed by atoms with Crippen molar-refractivity contribution in [1.82, 2.24) is 14.5 Å². The quantitative estimate of drug-likeness (QED) is 0.154. The Morgan fingerprint density at radius 2 is 0.656 bits per heavy atom. The van der Waals surface area contributed by atoms with Crippen molar-refractivity contribution in [2.75, 3.05) is 0 Å². The zero-order chi connectivity index (χ0) is 40.5. The molecule has 2 aromatic heterocycles. The highest BCUT2D eigenvalue weighted by Gasteiger charge is 2.21. The lowest BCUT2D eigenvalue weighted by molar-refractivity contribution is 1.11. The Hall–Kier alpha value is -8.14.